The maximum atomic E-state index is 11.5. The Morgan fingerprint density at radius 1 is 0.500 bits per heavy atom. The van der Waals surface area contributed by atoms with E-state index in [9.17, 15) is 47.9 Å². The molecule has 0 aliphatic heterocycles. The van der Waals surface area contributed by atoms with E-state index in [2.05, 4.69) is 107 Å². The number of hydrogen-bond donors (Lipinski definition) is 0. The maximum Gasteiger partial charge on any atom is 0.155 e. The summed E-state index contributed by atoms with van der Waals surface area (Å²) in [5.41, 5.74) is 12.3. The first-order valence-corrected chi connectivity index (χ1v) is 36.8. The van der Waals surface area contributed by atoms with Crippen molar-refractivity contribution in [2.75, 3.05) is 0 Å². The molecule has 562 valence electrons. The monoisotopic (exact) mass is 1380 g/mol. The average molecular weight is 1380 g/mol. The van der Waals surface area contributed by atoms with Crippen LogP contribution in [0.4, 0.5) is 0 Å². The Balaban J connectivity index is -0.000000260. The summed E-state index contributed by atoms with van der Waals surface area (Å²) in [5.74, 6) is 2.44. The number of unbranched alkanes of at least 4 members (excludes halogenated alkanes) is 5. The molecule has 0 bridgehead atoms. The predicted octanol–water partition coefficient (Wildman–Crippen LogP) is 24.8. The second-order valence-electron chi connectivity index (χ2n) is 27.8. The van der Waals surface area contributed by atoms with Crippen molar-refractivity contribution in [1.82, 2.24) is 0 Å². The van der Waals surface area contributed by atoms with Crippen molar-refractivity contribution in [3.05, 3.63) is 165 Å². The van der Waals surface area contributed by atoms with Gasteiger partial charge in [-0.3, -0.25) is 28.8 Å². The molecule has 10 heteroatoms. The molecule has 0 radical (unpaired) electrons. The minimum atomic E-state index is -0.0625. The lowest BCUT2D eigenvalue weighted by Gasteiger charge is -2.32. The van der Waals surface area contributed by atoms with Gasteiger partial charge in [0.25, 0.3) is 0 Å². The van der Waals surface area contributed by atoms with Crippen LogP contribution in [-0.4, -0.2) is 57.8 Å². The third-order valence-electron chi connectivity index (χ3n) is 15.0. The number of Topliss-reactive ketones (excluding diaryl/α,β-unsaturated/α-hetero) is 9. The highest BCUT2D eigenvalue weighted by Crippen LogP contribution is 2.41. The van der Waals surface area contributed by atoms with Gasteiger partial charge in [-0.2, -0.15) is 0 Å². The topological polar surface area (TPSA) is 171 Å². The van der Waals surface area contributed by atoms with E-state index in [1.54, 1.807) is 54.5 Å². The van der Waals surface area contributed by atoms with Crippen LogP contribution in [0.3, 0.4) is 0 Å². The van der Waals surface area contributed by atoms with Crippen molar-refractivity contribution in [3.8, 4) is 0 Å². The second kappa shape index (κ2) is 67.6. The van der Waals surface area contributed by atoms with Gasteiger partial charge in [-0.15, -0.1) is 0 Å². The van der Waals surface area contributed by atoms with Crippen LogP contribution in [0, 0.1) is 17.3 Å². The number of ketones is 10. The molecule has 0 N–H and O–H groups in total. The Hall–Kier alpha value is -7.20. The first-order chi connectivity index (χ1) is 46.6. The van der Waals surface area contributed by atoms with E-state index in [1.807, 2.05) is 113 Å². The van der Waals surface area contributed by atoms with Gasteiger partial charge in [0.2, 0.25) is 0 Å². The van der Waals surface area contributed by atoms with Gasteiger partial charge in [0.05, 0.1) is 6.42 Å². The fraction of sp³-hybridized carbons (Fsp3) is 0.556. The molecule has 2 aromatic carbocycles. The highest BCUT2D eigenvalue weighted by Gasteiger charge is 2.26. The van der Waals surface area contributed by atoms with Crippen molar-refractivity contribution in [1.29, 1.82) is 0 Å². The van der Waals surface area contributed by atoms with Gasteiger partial charge < -0.3 is 19.2 Å². The Morgan fingerprint density at radius 3 is 1.26 bits per heavy atom. The first-order valence-electron chi connectivity index (χ1n) is 36.8. The van der Waals surface area contributed by atoms with Crippen LogP contribution < -0.4 is 0 Å². The molecule has 100 heavy (non-hydrogen) atoms. The zero-order valence-corrected chi connectivity index (χ0v) is 68.1. The predicted molar refractivity (Wildman–Crippen MR) is 430 cm³/mol. The summed E-state index contributed by atoms with van der Waals surface area (Å²) >= 11 is 0. The molecular weight excluding hydrogens is 1240 g/mol. The first kappa shape index (κ1) is 104. The van der Waals surface area contributed by atoms with Crippen LogP contribution in [0.5, 0.6) is 0 Å². The number of rotatable bonds is 32. The van der Waals surface area contributed by atoms with E-state index < -0.39 is 0 Å². The summed E-state index contributed by atoms with van der Waals surface area (Å²) in [7, 11) is 0. The van der Waals surface area contributed by atoms with Crippen molar-refractivity contribution in [2.24, 2.45) is 17.3 Å². The lowest BCUT2D eigenvalue weighted by Crippen LogP contribution is -2.19. The SMILES string of the molecule is CC(=O)/C=C(C)/C=C/C=C(C)/C=C/C1=C(C)CCCC1(C)C.CC(=O)C(C)CCC=C(C)C.CC(=O)CC(C)=O.CC(=O)CC(C)CCC=C(C)C.CC(C)=O.CCC(C)=O.CCCC(C)=O.CCCCC/C(=C\c1ccccc1)C(C)=O.CCCCCC/C(=C\c1ccccc1)C(C)=O. The van der Waals surface area contributed by atoms with Gasteiger partial charge >= 0.3 is 0 Å². The molecular formula is C90H142O10. The van der Waals surface area contributed by atoms with Gasteiger partial charge in [-0.25, -0.2) is 0 Å². The third kappa shape index (κ3) is 78.1. The highest BCUT2D eigenvalue weighted by molar-refractivity contribution is 5.98. The van der Waals surface area contributed by atoms with Gasteiger partial charge in [0.15, 0.2) is 17.3 Å². The van der Waals surface area contributed by atoms with Crippen LogP contribution in [-0.2, 0) is 47.9 Å². The summed E-state index contributed by atoms with van der Waals surface area (Å²) in [6.45, 7) is 49.0. The molecule has 0 saturated heterocycles. The van der Waals surface area contributed by atoms with E-state index in [4.69, 9.17) is 0 Å². The maximum absolute atomic E-state index is 11.5. The number of carbonyl (C=O) groups is 10. The van der Waals surface area contributed by atoms with Crippen LogP contribution >= 0.6 is 0 Å². The van der Waals surface area contributed by atoms with Crippen LogP contribution in [0.15, 0.2) is 154 Å². The third-order valence-corrected chi connectivity index (χ3v) is 15.0. The molecule has 2 aromatic rings. The fourth-order valence-electron chi connectivity index (χ4n) is 9.29. The van der Waals surface area contributed by atoms with Gasteiger partial charge in [0.1, 0.15) is 40.5 Å². The van der Waals surface area contributed by atoms with Gasteiger partial charge in [0, 0.05) is 25.2 Å². The summed E-state index contributed by atoms with van der Waals surface area (Å²) in [6, 6.07) is 20.1. The van der Waals surface area contributed by atoms with Crippen LogP contribution in [0.25, 0.3) is 12.2 Å². The molecule has 1 aliphatic carbocycles. The molecule has 0 fully saturated rings. The minimum absolute atomic E-state index is 0.0625. The summed E-state index contributed by atoms with van der Waals surface area (Å²) < 4.78 is 0. The fourth-order valence-corrected chi connectivity index (χ4v) is 9.29. The molecule has 3 rings (SSSR count). The lowest BCUT2D eigenvalue weighted by atomic mass is 9.72. The van der Waals surface area contributed by atoms with Crippen molar-refractivity contribution >= 4 is 70.0 Å². The Bertz CT molecular complexity index is 2920. The summed E-state index contributed by atoms with van der Waals surface area (Å²) in [5, 5.41) is 0. The normalized spacial score (nSPS) is 12.8. The lowest BCUT2D eigenvalue weighted by molar-refractivity contribution is -0.125. The Labute approximate surface area is 611 Å². The van der Waals surface area contributed by atoms with Gasteiger partial charge in [-0.1, -0.05) is 213 Å². The van der Waals surface area contributed by atoms with Crippen LogP contribution in [0.2, 0.25) is 0 Å². The largest absolute Gasteiger partial charge is 0.300 e. The number of benzene rings is 2. The quantitative estimate of drug-likeness (QED) is 0.0226. The number of allylic oxidation sites excluding steroid dienone is 16. The zero-order chi connectivity index (χ0) is 78.2. The van der Waals surface area contributed by atoms with Crippen molar-refractivity contribution < 1.29 is 47.9 Å². The number of carbonyl (C=O) groups excluding carboxylic acids is 10. The highest BCUT2D eigenvalue weighted by atomic mass is 16.2. The molecule has 0 amide bonds. The summed E-state index contributed by atoms with van der Waals surface area (Å²) in [4.78, 5) is 105. The number of hydrogen-bond acceptors (Lipinski definition) is 10. The molecule has 2 atom stereocenters. The average Bonchev–Trinajstić information content (AvgIpc) is 0.835. The molecule has 0 aromatic heterocycles. The van der Waals surface area contributed by atoms with E-state index in [-0.39, 0.29) is 64.0 Å². The van der Waals surface area contributed by atoms with Crippen molar-refractivity contribution in [3.63, 3.8) is 0 Å². The van der Waals surface area contributed by atoms with Crippen molar-refractivity contribution in [2.45, 2.75) is 315 Å². The van der Waals surface area contributed by atoms with E-state index >= 15 is 0 Å². The zero-order valence-electron chi connectivity index (χ0n) is 68.1. The standard InChI is InChI=1S/C21H30O.C16H22O.C15H20O.C11H20O.C10H18O.C5H8O2.C5H10O.C4H8O.C3H6O/c1-16(9-7-10-17(2)15-19(4)22)12-13-20-18(3)11-8-14-21(20,5)6;1-3-4-5-9-12-16(14(2)17)13-15-10-7-6-8-11-15;1-3-4-6-11-15(13(2)16)12-14-9-7-5-8-10-14;1-9(2)6-5-7-10(3)8-11(4)12;1-8(2)6-5-7-9(3)10(4)11;1-4(6)3-5(2)7;1-3-4-5(2)6;1-3-4(2)5;1-3(2)4/h7,9-10,12-13,15H,8,11,14H2,1-6H3;6-8,10-11,13H,3-5,9,12H2,1-2H3;5,7-10,12H,3-4,6,11H2,1-2H3;6,10H,5,7-8H2,1-4H3;6,9H,5,7H2,1-4H3;3H2,1-2H3;3-4H2,1-2H3;3H2,1-2H3;1-2H3/b10-7+,13-12+,16-9+,17-15+;16-13+;15-12+;;;;;;. The van der Waals surface area contributed by atoms with E-state index in [0.717, 1.165) is 98.5 Å². The molecule has 10 nitrogen and oxygen atoms in total. The minimum Gasteiger partial charge on any atom is -0.300 e. The van der Waals surface area contributed by atoms with E-state index in [0.29, 0.717) is 23.9 Å². The Morgan fingerprint density at radius 2 is 0.930 bits per heavy atom. The molecule has 0 saturated carbocycles. The smallest absolute Gasteiger partial charge is 0.155 e. The summed E-state index contributed by atoms with van der Waals surface area (Å²) in [6.07, 6.45) is 42.0. The molecule has 1 aliphatic rings. The van der Waals surface area contributed by atoms with E-state index in [1.165, 1.54) is 107 Å². The second-order valence-corrected chi connectivity index (χ2v) is 27.8. The van der Waals surface area contributed by atoms with Gasteiger partial charge in [-0.05, 0) is 265 Å². The molecule has 0 heterocycles. The Kier molecular flexibility index (Phi) is 70.2. The molecule has 2 unspecified atom stereocenters. The van der Waals surface area contributed by atoms with Crippen LogP contribution in [0.1, 0.15) is 326 Å². The molecule has 0 spiro atoms.